The lowest BCUT2D eigenvalue weighted by Crippen LogP contribution is -2.18. The predicted octanol–water partition coefficient (Wildman–Crippen LogP) is 6.67. The number of rotatable bonds is 7. The molecule has 2 aliphatic rings. The van der Waals surface area contributed by atoms with Crippen LogP contribution < -0.4 is 0 Å². The summed E-state index contributed by atoms with van der Waals surface area (Å²) >= 11 is 0. The topological polar surface area (TPSA) is 0 Å². The van der Waals surface area contributed by atoms with Gasteiger partial charge in [-0.15, -0.1) is 0 Å². The summed E-state index contributed by atoms with van der Waals surface area (Å²) in [5, 5.41) is 0. The van der Waals surface area contributed by atoms with E-state index in [0.717, 1.165) is 0 Å². The Morgan fingerprint density at radius 3 is 2.36 bits per heavy atom. The van der Waals surface area contributed by atoms with Gasteiger partial charge in [-0.05, 0) is 59.8 Å². The average molecular weight is 296 g/mol. The zero-order valence-electron chi connectivity index (χ0n) is 14.8. The van der Waals surface area contributed by atoms with Gasteiger partial charge in [-0.25, -0.2) is 0 Å². The van der Waals surface area contributed by atoms with Crippen LogP contribution in [-0.2, 0) is 12.8 Å². The molecule has 0 spiro atoms. The third kappa shape index (κ3) is 2.90. The standard InChI is InChI=1S/C22H32/c1-4-7-8-9-10-17-11-12-18-13-19-15-22(5-2,6-3)16-20(19)14-21(17)18/h11-14,17H,4-10,15-16H2,1-3H3. The van der Waals surface area contributed by atoms with Gasteiger partial charge in [0.1, 0.15) is 0 Å². The summed E-state index contributed by atoms with van der Waals surface area (Å²) in [7, 11) is 0. The number of benzene rings is 1. The fourth-order valence-electron chi connectivity index (χ4n) is 4.51. The van der Waals surface area contributed by atoms with Gasteiger partial charge in [0.25, 0.3) is 0 Å². The van der Waals surface area contributed by atoms with E-state index < -0.39 is 0 Å². The molecule has 0 nitrogen and oxygen atoms in total. The normalized spacial score (nSPS) is 21.1. The van der Waals surface area contributed by atoms with Gasteiger partial charge in [0.2, 0.25) is 0 Å². The van der Waals surface area contributed by atoms with Crippen molar-refractivity contribution in [2.45, 2.75) is 84.5 Å². The summed E-state index contributed by atoms with van der Waals surface area (Å²) in [6, 6.07) is 5.09. The summed E-state index contributed by atoms with van der Waals surface area (Å²) in [5.74, 6) is 0.690. The SMILES string of the molecule is CCCCCCC1C=Cc2cc3c(cc21)CC(CC)(CC)C3. The lowest BCUT2D eigenvalue weighted by Gasteiger charge is -2.25. The molecule has 1 aromatic carbocycles. The van der Waals surface area contributed by atoms with Crippen molar-refractivity contribution in [3.05, 3.63) is 40.5 Å². The Morgan fingerprint density at radius 2 is 1.68 bits per heavy atom. The van der Waals surface area contributed by atoms with Gasteiger partial charge in [-0.2, -0.15) is 0 Å². The molecule has 1 atom stereocenters. The van der Waals surface area contributed by atoms with Crippen molar-refractivity contribution in [3.63, 3.8) is 0 Å². The Balaban J connectivity index is 1.74. The second-order valence-corrected chi connectivity index (χ2v) is 7.63. The number of fused-ring (bicyclic) bond motifs is 2. The van der Waals surface area contributed by atoms with Gasteiger partial charge in [0.05, 0.1) is 0 Å². The van der Waals surface area contributed by atoms with Crippen LogP contribution in [0.4, 0.5) is 0 Å². The van der Waals surface area contributed by atoms with Crippen molar-refractivity contribution in [1.82, 2.24) is 0 Å². The second kappa shape index (κ2) is 6.60. The molecule has 0 fully saturated rings. The minimum atomic E-state index is 0.553. The van der Waals surface area contributed by atoms with Crippen LogP contribution >= 0.6 is 0 Å². The summed E-state index contributed by atoms with van der Waals surface area (Å²) < 4.78 is 0. The molecule has 22 heavy (non-hydrogen) atoms. The second-order valence-electron chi connectivity index (χ2n) is 7.63. The predicted molar refractivity (Wildman–Crippen MR) is 97.4 cm³/mol. The highest BCUT2D eigenvalue weighted by atomic mass is 14.4. The lowest BCUT2D eigenvalue weighted by atomic mass is 9.80. The fourth-order valence-corrected chi connectivity index (χ4v) is 4.51. The van der Waals surface area contributed by atoms with Gasteiger partial charge >= 0.3 is 0 Å². The van der Waals surface area contributed by atoms with Crippen LogP contribution in [-0.4, -0.2) is 0 Å². The molecular formula is C22H32. The van der Waals surface area contributed by atoms with E-state index in [9.17, 15) is 0 Å². The van der Waals surface area contributed by atoms with Crippen molar-refractivity contribution in [3.8, 4) is 0 Å². The van der Waals surface area contributed by atoms with Crippen LogP contribution in [0.5, 0.6) is 0 Å². The first kappa shape index (κ1) is 15.8. The maximum Gasteiger partial charge on any atom is 0.00273 e. The molecule has 1 aromatic rings. The molecule has 0 heteroatoms. The molecule has 2 aliphatic carbocycles. The molecule has 1 unspecified atom stereocenters. The van der Waals surface area contributed by atoms with Gasteiger partial charge in [-0.3, -0.25) is 0 Å². The molecule has 0 saturated carbocycles. The smallest absolute Gasteiger partial charge is 0.00273 e. The summed E-state index contributed by atoms with van der Waals surface area (Å²) in [4.78, 5) is 0. The molecule has 0 heterocycles. The van der Waals surface area contributed by atoms with Crippen molar-refractivity contribution in [2.24, 2.45) is 5.41 Å². The monoisotopic (exact) mass is 296 g/mol. The average Bonchev–Trinajstić information content (AvgIpc) is 3.10. The van der Waals surface area contributed by atoms with Crippen LogP contribution in [0, 0.1) is 5.41 Å². The number of hydrogen-bond donors (Lipinski definition) is 0. The van der Waals surface area contributed by atoms with E-state index in [-0.39, 0.29) is 0 Å². The fraction of sp³-hybridized carbons (Fsp3) is 0.636. The summed E-state index contributed by atoms with van der Waals surface area (Å²) in [6.07, 6.45) is 16.9. The minimum absolute atomic E-state index is 0.553. The number of unbranched alkanes of at least 4 members (excludes halogenated alkanes) is 3. The molecule has 0 radical (unpaired) electrons. The highest BCUT2D eigenvalue weighted by Gasteiger charge is 2.35. The highest BCUT2D eigenvalue weighted by molar-refractivity contribution is 5.65. The van der Waals surface area contributed by atoms with Crippen LogP contribution in [0.25, 0.3) is 6.08 Å². The molecular weight excluding hydrogens is 264 g/mol. The Labute approximate surface area is 137 Å². The molecule has 0 saturated heterocycles. The number of allylic oxidation sites excluding steroid dienone is 1. The third-order valence-electron chi connectivity index (χ3n) is 6.31. The van der Waals surface area contributed by atoms with Gasteiger partial charge in [-0.1, -0.05) is 70.7 Å². The Kier molecular flexibility index (Phi) is 4.76. The van der Waals surface area contributed by atoms with Crippen LogP contribution in [0.1, 0.15) is 93.9 Å². The maximum atomic E-state index is 2.57. The first-order chi connectivity index (χ1) is 10.7. The van der Waals surface area contributed by atoms with Gasteiger partial charge < -0.3 is 0 Å². The van der Waals surface area contributed by atoms with E-state index >= 15 is 0 Å². The van der Waals surface area contributed by atoms with Crippen molar-refractivity contribution in [2.75, 3.05) is 0 Å². The van der Waals surface area contributed by atoms with Gasteiger partial charge in [0, 0.05) is 5.92 Å². The first-order valence-corrected chi connectivity index (χ1v) is 9.55. The Morgan fingerprint density at radius 1 is 0.955 bits per heavy atom. The Hall–Kier alpha value is -1.04. The molecule has 0 N–H and O–H groups in total. The van der Waals surface area contributed by atoms with Crippen molar-refractivity contribution < 1.29 is 0 Å². The quantitative estimate of drug-likeness (QED) is 0.493. The molecule has 0 aliphatic heterocycles. The molecule has 0 aromatic heterocycles. The van der Waals surface area contributed by atoms with Crippen LogP contribution in [0.2, 0.25) is 0 Å². The van der Waals surface area contributed by atoms with E-state index in [0.29, 0.717) is 11.3 Å². The van der Waals surface area contributed by atoms with Crippen LogP contribution in [0.15, 0.2) is 18.2 Å². The summed E-state index contributed by atoms with van der Waals surface area (Å²) in [6.45, 7) is 7.04. The lowest BCUT2D eigenvalue weighted by molar-refractivity contribution is 0.280. The number of hydrogen-bond acceptors (Lipinski definition) is 0. The Bertz CT molecular complexity index is 545. The van der Waals surface area contributed by atoms with E-state index in [1.54, 1.807) is 16.7 Å². The van der Waals surface area contributed by atoms with E-state index in [4.69, 9.17) is 0 Å². The molecule has 0 amide bonds. The zero-order chi connectivity index (χ0) is 15.6. The first-order valence-electron chi connectivity index (χ1n) is 9.55. The summed E-state index contributed by atoms with van der Waals surface area (Å²) in [5.41, 5.74) is 6.99. The maximum absolute atomic E-state index is 2.57. The zero-order valence-corrected chi connectivity index (χ0v) is 14.8. The van der Waals surface area contributed by atoms with Gasteiger partial charge in [0.15, 0.2) is 0 Å². The van der Waals surface area contributed by atoms with Crippen molar-refractivity contribution in [1.29, 1.82) is 0 Å². The van der Waals surface area contributed by atoms with E-state index in [1.165, 1.54) is 63.4 Å². The third-order valence-corrected chi connectivity index (χ3v) is 6.31. The highest BCUT2D eigenvalue weighted by Crippen LogP contribution is 2.45. The largest absolute Gasteiger partial charge is 0.0764 e. The van der Waals surface area contributed by atoms with Crippen LogP contribution in [0.3, 0.4) is 0 Å². The van der Waals surface area contributed by atoms with E-state index in [1.807, 2.05) is 0 Å². The minimum Gasteiger partial charge on any atom is -0.0764 e. The molecule has 3 rings (SSSR count). The van der Waals surface area contributed by atoms with Crippen molar-refractivity contribution >= 4 is 6.08 Å². The van der Waals surface area contributed by atoms with E-state index in [2.05, 4.69) is 45.1 Å². The molecule has 0 bridgehead atoms. The molecule has 120 valence electrons.